The quantitative estimate of drug-likeness (QED) is 0.282. The van der Waals surface area contributed by atoms with E-state index in [2.05, 4.69) is 25.3 Å². The number of H-pyrrole nitrogens is 1. The highest BCUT2D eigenvalue weighted by Gasteiger charge is 2.18. The molecule has 1 aromatic carbocycles. The number of nitrogens with zero attached hydrogens (tertiary/aromatic N) is 5. The van der Waals surface area contributed by atoms with Gasteiger partial charge in [0, 0.05) is 0 Å². The summed E-state index contributed by atoms with van der Waals surface area (Å²) in [4.78, 5) is 31.5. The topological polar surface area (TPSA) is 128 Å². The molecule has 0 amide bonds. The number of hydrogen-bond acceptors (Lipinski definition) is 9. The van der Waals surface area contributed by atoms with Crippen molar-refractivity contribution in [1.29, 1.82) is 0 Å². The molecule has 3 aromatic heterocycles. The maximum atomic E-state index is 12.3. The number of esters is 1. The normalized spacial score (nSPS) is 12.5. The van der Waals surface area contributed by atoms with Crippen molar-refractivity contribution in [3.8, 4) is 5.69 Å². The van der Waals surface area contributed by atoms with E-state index in [4.69, 9.17) is 9.15 Å². The van der Waals surface area contributed by atoms with Gasteiger partial charge in [-0.25, -0.2) is 14.5 Å². The van der Waals surface area contributed by atoms with Crippen LogP contribution in [0.5, 0.6) is 0 Å². The minimum Gasteiger partial charge on any atom is -0.461 e. The van der Waals surface area contributed by atoms with E-state index in [1.54, 1.807) is 20.8 Å². The van der Waals surface area contributed by atoms with Crippen LogP contribution in [0.1, 0.15) is 40.5 Å². The first-order valence-corrected chi connectivity index (χ1v) is 10.6. The molecule has 0 fully saturated rings. The SMILES string of the molecule is CCOC(=O)c1nn(-c2ccc(C)cc2)/c(=N/N=C(/C)c2c(C)oc3nc[nH]c(=O)c23)s1. The Kier molecular flexibility index (Phi) is 5.82. The highest BCUT2D eigenvalue weighted by molar-refractivity contribution is 7.10. The number of carbonyl (C=O) groups excluding carboxylic acids is 1. The second kappa shape index (κ2) is 8.71. The summed E-state index contributed by atoms with van der Waals surface area (Å²) in [5.41, 5.74) is 2.70. The predicted molar refractivity (Wildman–Crippen MR) is 119 cm³/mol. The molecule has 4 rings (SSSR count). The number of furan rings is 1. The molecule has 0 radical (unpaired) electrons. The Morgan fingerprint density at radius 1 is 1.28 bits per heavy atom. The molecule has 0 aliphatic heterocycles. The average molecular weight is 452 g/mol. The van der Waals surface area contributed by atoms with Gasteiger partial charge in [-0.3, -0.25) is 4.79 Å². The van der Waals surface area contributed by atoms with Crippen molar-refractivity contribution in [3.05, 3.63) is 67.6 Å². The van der Waals surface area contributed by atoms with Crippen LogP contribution >= 0.6 is 11.3 Å². The van der Waals surface area contributed by atoms with E-state index in [9.17, 15) is 9.59 Å². The van der Waals surface area contributed by atoms with Crippen molar-refractivity contribution in [2.45, 2.75) is 27.7 Å². The van der Waals surface area contributed by atoms with Crippen LogP contribution < -0.4 is 10.4 Å². The first-order valence-electron chi connectivity index (χ1n) is 9.78. The lowest BCUT2D eigenvalue weighted by Gasteiger charge is -2.01. The van der Waals surface area contributed by atoms with Crippen LogP contribution in [0.3, 0.4) is 0 Å². The van der Waals surface area contributed by atoms with Gasteiger partial charge in [0.25, 0.3) is 5.56 Å². The molecule has 3 heterocycles. The Balaban J connectivity index is 1.85. The number of ether oxygens (including phenoxy) is 1. The molecule has 11 heteroatoms. The Labute approximate surface area is 185 Å². The fraction of sp³-hybridized carbons (Fsp3) is 0.238. The third-order valence-electron chi connectivity index (χ3n) is 4.61. The van der Waals surface area contributed by atoms with Crippen molar-refractivity contribution in [1.82, 2.24) is 19.7 Å². The lowest BCUT2D eigenvalue weighted by atomic mass is 10.1. The van der Waals surface area contributed by atoms with E-state index in [-0.39, 0.29) is 22.9 Å². The van der Waals surface area contributed by atoms with Gasteiger partial charge in [-0.05, 0) is 39.8 Å². The van der Waals surface area contributed by atoms with Crippen molar-refractivity contribution in [2.24, 2.45) is 10.2 Å². The van der Waals surface area contributed by atoms with E-state index < -0.39 is 5.97 Å². The number of rotatable bonds is 5. The number of carbonyl (C=O) groups is 1. The number of nitrogens with one attached hydrogen (secondary N) is 1. The fourth-order valence-corrected chi connectivity index (χ4v) is 3.88. The largest absolute Gasteiger partial charge is 0.461 e. The van der Waals surface area contributed by atoms with Gasteiger partial charge in [-0.1, -0.05) is 29.0 Å². The zero-order chi connectivity index (χ0) is 22.8. The summed E-state index contributed by atoms with van der Waals surface area (Å²) in [6, 6.07) is 7.62. The minimum absolute atomic E-state index is 0.157. The molecule has 10 nitrogen and oxygen atoms in total. The third-order valence-corrected chi connectivity index (χ3v) is 5.48. The molecule has 0 unspecified atom stereocenters. The molecule has 32 heavy (non-hydrogen) atoms. The Morgan fingerprint density at radius 3 is 2.75 bits per heavy atom. The molecular weight excluding hydrogens is 432 g/mol. The smallest absolute Gasteiger partial charge is 0.369 e. The molecule has 0 spiro atoms. The average Bonchev–Trinajstić information content (AvgIpc) is 3.34. The number of hydrogen-bond donors (Lipinski definition) is 1. The van der Waals surface area contributed by atoms with E-state index >= 15 is 0 Å². The zero-order valence-corrected chi connectivity index (χ0v) is 18.7. The predicted octanol–water partition coefficient (Wildman–Crippen LogP) is 2.88. The second-order valence-electron chi connectivity index (χ2n) is 6.89. The summed E-state index contributed by atoms with van der Waals surface area (Å²) in [5.74, 6) is -0.0293. The standard InChI is InChI=1S/C21H20N6O4S/c1-5-30-20(29)19-26-27(14-8-6-11(2)7-9-14)21(32-19)25-24-12(3)15-13(4)31-18-16(15)17(28)22-10-23-18/h6-10H,5H2,1-4H3,(H,22,23,28)/b24-12-,25-21-. The van der Waals surface area contributed by atoms with E-state index in [1.807, 2.05) is 31.2 Å². The van der Waals surface area contributed by atoms with Crippen LogP contribution in [0.25, 0.3) is 16.8 Å². The first kappa shape index (κ1) is 21.4. The molecule has 0 atom stereocenters. The lowest BCUT2D eigenvalue weighted by molar-refractivity contribution is 0.0524. The number of aromatic amines is 1. The number of aromatic nitrogens is 4. The van der Waals surface area contributed by atoms with Crippen LogP contribution in [0.2, 0.25) is 0 Å². The number of benzene rings is 1. The monoisotopic (exact) mass is 452 g/mol. The maximum absolute atomic E-state index is 12.3. The summed E-state index contributed by atoms with van der Waals surface area (Å²) in [6.07, 6.45) is 1.28. The Morgan fingerprint density at radius 2 is 2.03 bits per heavy atom. The molecule has 4 aromatic rings. The summed E-state index contributed by atoms with van der Waals surface area (Å²) < 4.78 is 12.2. The highest BCUT2D eigenvalue weighted by atomic mass is 32.1. The van der Waals surface area contributed by atoms with E-state index in [1.165, 1.54) is 11.0 Å². The van der Waals surface area contributed by atoms with Gasteiger partial charge in [0.05, 0.1) is 29.9 Å². The van der Waals surface area contributed by atoms with Crippen LogP contribution in [0.15, 0.2) is 50.0 Å². The lowest BCUT2D eigenvalue weighted by Crippen LogP contribution is -2.14. The number of fused-ring (bicyclic) bond motifs is 1. The third kappa shape index (κ3) is 4.02. The van der Waals surface area contributed by atoms with Gasteiger partial charge in [0.2, 0.25) is 15.5 Å². The molecule has 1 N–H and O–H groups in total. The van der Waals surface area contributed by atoms with E-state index in [0.29, 0.717) is 27.2 Å². The van der Waals surface area contributed by atoms with Gasteiger partial charge < -0.3 is 14.1 Å². The Hall–Kier alpha value is -3.86. The van der Waals surface area contributed by atoms with Crippen LogP contribution in [0, 0.1) is 13.8 Å². The van der Waals surface area contributed by atoms with Crippen LogP contribution in [-0.2, 0) is 4.74 Å². The molecular formula is C21H20N6O4S. The summed E-state index contributed by atoms with van der Waals surface area (Å²) >= 11 is 1.06. The van der Waals surface area contributed by atoms with Crippen molar-refractivity contribution in [3.63, 3.8) is 0 Å². The summed E-state index contributed by atoms with van der Waals surface area (Å²) in [7, 11) is 0. The minimum atomic E-state index is -0.533. The highest BCUT2D eigenvalue weighted by Crippen LogP contribution is 2.21. The first-order chi connectivity index (χ1) is 15.4. The van der Waals surface area contributed by atoms with E-state index in [0.717, 1.165) is 22.6 Å². The van der Waals surface area contributed by atoms with Crippen LogP contribution in [-0.4, -0.2) is 38.0 Å². The van der Waals surface area contributed by atoms with Crippen LogP contribution in [0.4, 0.5) is 0 Å². The maximum Gasteiger partial charge on any atom is 0.369 e. The zero-order valence-electron chi connectivity index (χ0n) is 17.9. The molecule has 0 bridgehead atoms. The van der Waals surface area contributed by atoms with Crippen molar-refractivity contribution < 1.29 is 13.9 Å². The molecule has 0 saturated carbocycles. The van der Waals surface area contributed by atoms with Gasteiger partial charge in [-0.15, -0.1) is 10.2 Å². The molecule has 0 aliphatic carbocycles. The molecule has 0 aliphatic rings. The number of aryl methyl sites for hydroxylation is 2. The fourth-order valence-electron chi connectivity index (χ4n) is 3.13. The van der Waals surface area contributed by atoms with Gasteiger partial charge in [-0.2, -0.15) is 5.10 Å². The summed E-state index contributed by atoms with van der Waals surface area (Å²) in [6.45, 7) is 7.39. The molecule has 0 saturated heterocycles. The van der Waals surface area contributed by atoms with Crippen molar-refractivity contribution in [2.75, 3.05) is 6.61 Å². The van der Waals surface area contributed by atoms with Gasteiger partial charge >= 0.3 is 5.97 Å². The van der Waals surface area contributed by atoms with Gasteiger partial charge in [0.1, 0.15) is 11.1 Å². The van der Waals surface area contributed by atoms with Crippen molar-refractivity contribution >= 4 is 34.1 Å². The van der Waals surface area contributed by atoms with Gasteiger partial charge in [0.15, 0.2) is 0 Å². The Bertz CT molecular complexity index is 1460. The molecule has 164 valence electrons. The second-order valence-corrected chi connectivity index (χ2v) is 7.84. The summed E-state index contributed by atoms with van der Waals surface area (Å²) in [5, 5.41) is 13.5.